The molecule has 0 aromatic rings. The number of hydrogen-bond acceptors (Lipinski definition) is 2. The fourth-order valence-corrected chi connectivity index (χ4v) is 2.96. The lowest BCUT2D eigenvalue weighted by atomic mass is 9.81. The minimum Gasteiger partial charge on any atom is -0.382 e. The lowest BCUT2D eigenvalue weighted by Gasteiger charge is -2.26. The predicted octanol–water partition coefficient (Wildman–Crippen LogP) is 3.41. The van der Waals surface area contributed by atoms with E-state index < -0.39 is 0 Å². The number of halogens is 1. The first-order valence-electron chi connectivity index (χ1n) is 8.28. The van der Waals surface area contributed by atoms with Crippen molar-refractivity contribution in [3.05, 3.63) is 0 Å². The topological polar surface area (TPSA) is 45.6 Å². The van der Waals surface area contributed by atoms with E-state index >= 15 is 0 Å². The highest BCUT2D eigenvalue weighted by Gasteiger charge is 2.18. The summed E-state index contributed by atoms with van der Waals surface area (Å²) >= 11 is 0. The van der Waals surface area contributed by atoms with Crippen LogP contribution in [0.2, 0.25) is 0 Å². The van der Waals surface area contributed by atoms with Crippen molar-refractivity contribution in [3.8, 4) is 0 Å². The lowest BCUT2D eigenvalue weighted by Crippen LogP contribution is -2.39. The molecule has 0 aliphatic heterocycles. The van der Waals surface area contributed by atoms with E-state index in [0.29, 0.717) is 0 Å². The van der Waals surface area contributed by atoms with Crippen molar-refractivity contribution in [2.45, 2.75) is 52.4 Å². The Morgan fingerprint density at radius 2 is 2.00 bits per heavy atom. The third kappa shape index (κ3) is 10.3. The molecule has 0 spiro atoms. The lowest BCUT2D eigenvalue weighted by molar-refractivity contribution is 0.145. The Kier molecular flexibility index (Phi) is 13.6. The van der Waals surface area contributed by atoms with Crippen LogP contribution in [0.1, 0.15) is 52.4 Å². The van der Waals surface area contributed by atoms with Gasteiger partial charge in [0.25, 0.3) is 0 Å². The Morgan fingerprint density at radius 3 is 2.67 bits per heavy atom. The molecule has 0 bridgehead atoms. The number of nitrogens with zero attached hydrogens (tertiary/aromatic N) is 1. The van der Waals surface area contributed by atoms with E-state index in [2.05, 4.69) is 22.5 Å². The maximum atomic E-state index is 5.32. The molecule has 2 atom stereocenters. The zero-order valence-electron chi connectivity index (χ0n) is 14.0. The van der Waals surface area contributed by atoms with Gasteiger partial charge in [0.1, 0.15) is 0 Å². The highest BCUT2D eigenvalue weighted by atomic mass is 127. The van der Waals surface area contributed by atoms with Crippen LogP contribution >= 0.6 is 24.0 Å². The molecular weight excluding hydrogens is 377 g/mol. The molecule has 1 saturated carbocycles. The molecule has 1 aliphatic carbocycles. The monoisotopic (exact) mass is 411 g/mol. The Morgan fingerprint density at radius 1 is 1.24 bits per heavy atom. The Labute approximate surface area is 147 Å². The van der Waals surface area contributed by atoms with E-state index in [1.807, 2.05) is 14.0 Å². The molecule has 2 N–H and O–H groups in total. The second kappa shape index (κ2) is 13.6. The number of hydrogen-bond donors (Lipinski definition) is 2. The second-order valence-electron chi connectivity index (χ2n) is 5.90. The standard InChI is InChI=1S/C16H33N3O.HI/c1-4-20-12-6-10-18-16(17-3)19-11-9-15-8-5-7-14(2)13-15;/h14-15H,4-13H2,1-3H3,(H2,17,18,19);1H. The summed E-state index contributed by atoms with van der Waals surface area (Å²) in [5.41, 5.74) is 0. The molecule has 4 nitrogen and oxygen atoms in total. The maximum Gasteiger partial charge on any atom is 0.190 e. The fraction of sp³-hybridized carbons (Fsp3) is 0.938. The third-order valence-electron chi connectivity index (χ3n) is 4.08. The van der Waals surface area contributed by atoms with Crippen LogP contribution in [0.5, 0.6) is 0 Å². The summed E-state index contributed by atoms with van der Waals surface area (Å²) in [6.45, 7) is 7.98. The number of guanidine groups is 1. The number of ether oxygens (including phenoxy) is 1. The van der Waals surface area contributed by atoms with E-state index in [4.69, 9.17) is 4.74 Å². The molecule has 0 saturated heterocycles. The highest BCUT2D eigenvalue weighted by Crippen LogP contribution is 2.30. The average Bonchev–Trinajstić information content (AvgIpc) is 2.45. The molecular formula is C16H34IN3O. The number of rotatable bonds is 8. The van der Waals surface area contributed by atoms with Gasteiger partial charge in [-0.15, -0.1) is 24.0 Å². The molecule has 0 amide bonds. The minimum atomic E-state index is 0. The van der Waals surface area contributed by atoms with Gasteiger partial charge in [-0.2, -0.15) is 0 Å². The van der Waals surface area contributed by atoms with Crippen molar-refractivity contribution in [3.63, 3.8) is 0 Å². The van der Waals surface area contributed by atoms with E-state index in [1.165, 1.54) is 32.1 Å². The van der Waals surface area contributed by atoms with Crippen molar-refractivity contribution in [1.29, 1.82) is 0 Å². The van der Waals surface area contributed by atoms with Crippen LogP contribution < -0.4 is 10.6 Å². The molecule has 2 unspecified atom stereocenters. The van der Waals surface area contributed by atoms with Crippen LogP contribution in [-0.4, -0.2) is 39.3 Å². The molecule has 0 heterocycles. The summed E-state index contributed by atoms with van der Waals surface area (Å²) in [6, 6.07) is 0. The van der Waals surface area contributed by atoms with Crippen LogP contribution in [0.3, 0.4) is 0 Å². The van der Waals surface area contributed by atoms with Crippen molar-refractivity contribution >= 4 is 29.9 Å². The summed E-state index contributed by atoms with van der Waals surface area (Å²) in [5, 5.41) is 6.75. The zero-order valence-corrected chi connectivity index (χ0v) is 16.3. The molecule has 1 rings (SSSR count). The van der Waals surface area contributed by atoms with Gasteiger partial charge < -0.3 is 15.4 Å². The molecule has 1 fully saturated rings. The van der Waals surface area contributed by atoms with Crippen molar-refractivity contribution in [2.24, 2.45) is 16.8 Å². The fourth-order valence-electron chi connectivity index (χ4n) is 2.96. The van der Waals surface area contributed by atoms with E-state index in [9.17, 15) is 0 Å². The first-order valence-corrected chi connectivity index (χ1v) is 8.28. The SMILES string of the molecule is CCOCCCNC(=NC)NCCC1CCCC(C)C1.I. The predicted molar refractivity (Wildman–Crippen MR) is 102 cm³/mol. The molecule has 0 radical (unpaired) electrons. The van der Waals surface area contributed by atoms with Gasteiger partial charge in [0.15, 0.2) is 5.96 Å². The van der Waals surface area contributed by atoms with Crippen molar-refractivity contribution < 1.29 is 4.74 Å². The quantitative estimate of drug-likeness (QED) is 0.279. The summed E-state index contributed by atoms with van der Waals surface area (Å²) in [5.74, 6) is 2.75. The van der Waals surface area contributed by atoms with Crippen molar-refractivity contribution in [2.75, 3.05) is 33.4 Å². The second-order valence-corrected chi connectivity index (χ2v) is 5.90. The van der Waals surface area contributed by atoms with Gasteiger partial charge in [-0.05, 0) is 38.0 Å². The van der Waals surface area contributed by atoms with Gasteiger partial charge in [-0.1, -0.05) is 26.2 Å². The van der Waals surface area contributed by atoms with Crippen molar-refractivity contribution in [1.82, 2.24) is 10.6 Å². The van der Waals surface area contributed by atoms with Gasteiger partial charge in [0.05, 0.1) is 0 Å². The van der Waals surface area contributed by atoms with Gasteiger partial charge in [0, 0.05) is 33.4 Å². The smallest absolute Gasteiger partial charge is 0.190 e. The van der Waals surface area contributed by atoms with Gasteiger partial charge in [-0.25, -0.2) is 0 Å². The number of aliphatic imine (C=N–C) groups is 1. The minimum absolute atomic E-state index is 0. The Balaban J connectivity index is 0.00000400. The normalized spacial score (nSPS) is 22.5. The van der Waals surface area contributed by atoms with Crippen LogP contribution in [0.15, 0.2) is 4.99 Å². The first kappa shape index (κ1) is 21.0. The van der Waals surface area contributed by atoms with Crippen LogP contribution in [0, 0.1) is 11.8 Å². The van der Waals surface area contributed by atoms with E-state index in [-0.39, 0.29) is 24.0 Å². The summed E-state index contributed by atoms with van der Waals surface area (Å²) < 4.78 is 5.32. The molecule has 1 aliphatic rings. The highest BCUT2D eigenvalue weighted by molar-refractivity contribution is 14.0. The zero-order chi connectivity index (χ0) is 14.6. The molecule has 0 aromatic carbocycles. The average molecular weight is 411 g/mol. The Bertz CT molecular complexity index is 274. The van der Waals surface area contributed by atoms with E-state index in [1.54, 1.807) is 0 Å². The van der Waals surface area contributed by atoms with Crippen LogP contribution in [0.4, 0.5) is 0 Å². The van der Waals surface area contributed by atoms with Crippen LogP contribution in [-0.2, 0) is 4.74 Å². The van der Waals surface area contributed by atoms with Gasteiger partial charge >= 0.3 is 0 Å². The van der Waals surface area contributed by atoms with Gasteiger partial charge in [-0.3, -0.25) is 4.99 Å². The Hall–Kier alpha value is -0.0400. The van der Waals surface area contributed by atoms with Gasteiger partial charge in [0.2, 0.25) is 0 Å². The summed E-state index contributed by atoms with van der Waals surface area (Å²) in [4.78, 5) is 4.26. The van der Waals surface area contributed by atoms with E-state index in [0.717, 1.165) is 50.5 Å². The molecule has 0 aromatic heterocycles. The first-order chi connectivity index (χ1) is 9.76. The molecule has 21 heavy (non-hydrogen) atoms. The summed E-state index contributed by atoms with van der Waals surface area (Å²) in [6.07, 6.45) is 7.94. The largest absolute Gasteiger partial charge is 0.382 e. The molecule has 5 heteroatoms. The maximum absolute atomic E-state index is 5.32. The summed E-state index contributed by atoms with van der Waals surface area (Å²) in [7, 11) is 1.83. The molecule has 126 valence electrons. The number of nitrogens with one attached hydrogen (secondary N) is 2. The third-order valence-corrected chi connectivity index (χ3v) is 4.08. The van der Waals surface area contributed by atoms with Crippen LogP contribution in [0.25, 0.3) is 0 Å².